The maximum absolute atomic E-state index is 12.4. The molecule has 0 aliphatic heterocycles. The van der Waals surface area contributed by atoms with Crippen molar-refractivity contribution < 1.29 is 4.79 Å². The van der Waals surface area contributed by atoms with E-state index in [1.165, 1.54) is 4.90 Å². The molecule has 0 aliphatic rings. The Labute approximate surface area is 126 Å². The van der Waals surface area contributed by atoms with Crippen molar-refractivity contribution in [2.45, 2.75) is 0 Å². The molecule has 21 heavy (non-hydrogen) atoms. The van der Waals surface area contributed by atoms with E-state index in [0.717, 1.165) is 0 Å². The van der Waals surface area contributed by atoms with E-state index in [2.05, 4.69) is 10.4 Å². The van der Waals surface area contributed by atoms with Crippen molar-refractivity contribution in [3.63, 3.8) is 0 Å². The number of nitrogens with one attached hydrogen (secondary N) is 1. The van der Waals surface area contributed by atoms with Crippen molar-refractivity contribution in [3.05, 3.63) is 52.7 Å². The fraction of sp³-hybridized carbons (Fsp3) is 0.0714. The van der Waals surface area contributed by atoms with E-state index in [1.807, 2.05) is 6.07 Å². The predicted octanol–water partition coefficient (Wildman–Crippen LogP) is 2.17. The molecule has 2 rings (SSSR count). The van der Waals surface area contributed by atoms with Gasteiger partial charge in [0.1, 0.15) is 11.5 Å². The molecular weight excluding hydrogens is 290 g/mol. The third-order valence-corrected chi connectivity index (χ3v) is 3.19. The van der Waals surface area contributed by atoms with Crippen molar-refractivity contribution in [2.75, 3.05) is 17.4 Å². The number of nitrogens with zero attached hydrogens (tertiary/aromatic N) is 3. The minimum absolute atomic E-state index is 0.0963. The molecule has 0 saturated carbocycles. The largest absolute Gasteiger partial charge is 0.310 e. The quantitative estimate of drug-likeness (QED) is 0.669. The van der Waals surface area contributed by atoms with Crippen LogP contribution in [0.25, 0.3) is 0 Å². The number of nitriles is 1. The lowest BCUT2D eigenvalue weighted by atomic mass is 10.2. The topological polar surface area (TPSA) is 95.0 Å². The van der Waals surface area contributed by atoms with Gasteiger partial charge in [0.15, 0.2) is 0 Å². The molecule has 3 N–H and O–H groups in total. The highest BCUT2D eigenvalue weighted by Gasteiger charge is 2.18. The molecule has 2 aromatic rings. The van der Waals surface area contributed by atoms with Gasteiger partial charge in [-0.15, -0.1) is 0 Å². The van der Waals surface area contributed by atoms with Crippen LogP contribution in [-0.4, -0.2) is 17.9 Å². The Balaban J connectivity index is 2.32. The SMILES string of the molecule is CN(C(=O)c1nc(NN)ccc1Cl)c1ccc(C#N)cc1. The number of anilines is 2. The molecule has 1 heterocycles. The molecule has 0 atom stereocenters. The number of pyridine rings is 1. The van der Waals surface area contributed by atoms with Crippen molar-refractivity contribution in [1.29, 1.82) is 5.26 Å². The zero-order valence-electron chi connectivity index (χ0n) is 11.2. The zero-order chi connectivity index (χ0) is 15.4. The lowest BCUT2D eigenvalue weighted by Crippen LogP contribution is -2.27. The number of aromatic nitrogens is 1. The monoisotopic (exact) mass is 301 g/mol. The summed E-state index contributed by atoms with van der Waals surface area (Å²) in [4.78, 5) is 17.9. The van der Waals surface area contributed by atoms with Crippen LogP contribution in [0.15, 0.2) is 36.4 Å². The zero-order valence-corrected chi connectivity index (χ0v) is 11.9. The Kier molecular flexibility index (Phi) is 4.38. The summed E-state index contributed by atoms with van der Waals surface area (Å²) in [5, 5.41) is 9.01. The molecule has 106 valence electrons. The first-order chi connectivity index (χ1) is 10.1. The Hall–Kier alpha value is -2.62. The number of hydrogen-bond acceptors (Lipinski definition) is 5. The van der Waals surface area contributed by atoms with Crippen LogP contribution in [0.2, 0.25) is 5.02 Å². The van der Waals surface area contributed by atoms with Crippen LogP contribution in [0.4, 0.5) is 11.5 Å². The number of carbonyl (C=O) groups excluding carboxylic acids is 1. The number of halogens is 1. The van der Waals surface area contributed by atoms with E-state index >= 15 is 0 Å². The number of amides is 1. The maximum atomic E-state index is 12.4. The minimum atomic E-state index is -0.373. The number of rotatable bonds is 3. The van der Waals surface area contributed by atoms with Crippen molar-refractivity contribution in [2.24, 2.45) is 5.84 Å². The van der Waals surface area contributed by atoms with E-state index in [9.17, 15) is 4.79 Å². The molecule has 1 aromatic heterocycles. The van der Waals surface area contributed by atoms with Crippen molar-refractivity contribution in [1.82, 2.24) is 4.98 Å². The van der Waals surface area contributed by atoms with Crippen molar-refractivity contribution >= 4 is 29.0 Å². The standard InChI is InChI=1S/C14H12ClN5O/c1-20(10-4-2-9(8-16)3-5-10)14(21)13-11(15)6-7-12(18-13)19-17/h2-7H,17H2,1H3,(H,18,19). The Morgan fingerprint density at radius 3 is 2.57 bits per heavy atom. The summed E-state index contributed by atoms with van der Waals surface area (Å²) in [6.07, 6.45) is 0. The number of hydrogen-bond donors (Lipinski definition) is 2. The van der Waals surface area contributed by atoms with E-state index in [-0.39, 0.29) is 16.6 Å². The number of carbonyl (C=O) groups is 1. The van der Waals surface area contributed by atoms with Crippen LogP contribution in [0.3, 0.4) is 0 Å². The average molecular weight is 302 g/mol. The molecule has 0 radical (unpaired) electrons. The number of nitrogens with two attached hydrogens (primary N) is 1. The summed E-state index contributed by atoms with van der Waals surface area (Å²) in [5.74, 6) is 5.25. The van der Waals surface area contributed by atoms with Gasteiger partial charge in [0.05, 0.1) is 16.7 Å². The molecule has 0 bridgehead atoms. The Bertz CT molecular complexity index is 708. The third kappa shape index (κ3) is 3.11. The molecule has 0 saturated heterocycles. The van der Waals surface area contributed by atoms with Crippen LogP contribution >= 0.6 is 11.6 Å². The molecule has 0 fully saturated rings. The molecular formula is C14H12ClN5O. The number of benzene rings is 1. The van der Waals surface area contributed by atoms with Gasteiger partial charge < -0.3 is 10.3 Å². The smallest absolute Gasteiger partial charge is 0.278 e. The van der Waals surface area contributed by atoms with Gasteiger partial charge in [0.25, 0.3) is 5.91 Å². The minimum Gasteiger partial charge on any atom is -0.310 e. The summed E-state index contributed by atoms with van der Waals surface area (Å²) in [7, 11) is 1.60. The summed E-state index contributed by atoms with van der Waals surface area (Å²) in [5.41, 5.74) is 3.61. The molecule has 1 amide bonds. The first-order valence-electron chi connectivity index (χ1n) is 5.98. The first kappa shape index (κ1) is 14.8. The second-order valence-electron chi connectivity index (χ2n) is 4.19. The number of nitrogen functional groups attached to an aromatic ring is 1. The van der Waals surface area contributed by atoms with E-state index < -0.39 is 0 Å². The van der Waals surface area contributed by atoms with Crippen molar-refractivity contribution in [3.8, 4) is 6.07 Å². The third-order valence-electron chi connectivity index (χ3n) is 2.88. The van der Waals surface area contributed by atoms with Crippen LogP contribution in [0.1, 0.15) is 16.1 Å². The highest BCUT2D eigenvalue weighted by molar-refractivity contribution is 6.34. The van der Waals surface area contributed by atoms with Gasteiger partial charge in [-0.1, -0.05) is 11.6 Å². The molecule has 6 nitrogen and oxygen atoms in total. The van der Waals surface area contributed by atoms with Gasteiger partial charge in [0, 0.05) is 12.7 Å². The van der Waals surface area contributed by atoms with E-state index in [0.29, 0.717) is 17.1 Å². The van der Waals surface area contributed by atoms with Crippen LogP contribution in [0, 0.1) is 11.3 Å². The second kappa shape index (κ2) is 6.22. The van der Waals surface area contributed by atoms with Gasteiger partial charge in [-0.2, -0.15) is 5.26 Å². The lowest BCUT2D eigenvalue weighted by Gasteiger charge is -2.17. The highest BCUT2D eigenvalue weighted by atomic mass is 35.5. The average Bonchev–Trinajstić information content (AvgIpc) is 2.54. The van der Waals surface area contributed by atoms with Gasteiger partial charge in [-0.05, 0) is 36.4 Å². The maximum Gasteiger partial charge on any atom is 0.278 e. The van der Waals surface area contributed by atoms with Gasteiger partial charge in [0.2, 0.25) is 0 Å². The van der Waals surface area contributed by atoms with Gasteiger partial charge in [-0.3, -0.25) is 4.79 Å². The summed E-state index contributed by atoms with van der Waals surface area (Å²) in [6.45, 7) is 0. The summed E-state index contributed by atoms with van der Waals surface area (Å²) >= 11 is 6.01. The summed E-state index contributed by atoms with van der Waals surface area (Å²) in [6, 6.07) is 11.7. The predicted molar refractivity (Wildman–Crippen MR) is 80.9 cm³/mol. The fourth-order valence-electron chi connectivity index (χ4n) is 1.71. The Morgan fingerprint density at radius 1 is 1.33 bits per heavy atom. The molecule has 7 heteroatoms. The molecule has 1 aromatic carbocycles. The fourth-order valence-corrected chi connectivity index (χ4v) is 1.89. The normalized spacial score (nSPS) is 9.81. The summed E-state index contributed by atoms with van der Waals surface area (Å²) < 4.78 is 0. The first-order valence-corrected chi connectivity index (χ1v) is 6.36. The van der Waals surface area contributed by atoms with Gasteiger partial charge in [-0.25, -0.2) is 10.8 Å². The Morgan fingerprint density at radius 2 is 2.00 bits per heavy atom. The van der Waals surface area contributed by atoms with Crippen LogP contribution < -0.4 is 16.2 Å². The van der Waals surface area contributed by atoms with Crippen LogP contribution in [0.5, 0.6) is 0 Å². The van der Waals surface area contributed by atoms with E-state index in [4.69, 9.17) is 22.7 Å². The highest BCUT2D eigenvalue weighted by Crippen LogP contribution is 2.21. The molecule has 0 spiro atoms. The van der Waals surface area contributed by atoms with E-state index in [1.54, 1.807) is 43.4 Å². The van der Waals surface area contributed by atoms with Gasteiger partial charge >= 0.3 is 0 Å². The molecule has 0 aliphatic carbocycles. The molecule has 0 unspecified atom stereocenters. The number of hydrazine groups is 1. The van der Waals surface area contributed by atoms with Crippen LogP contribution in [-0.2, 0) is 0 Å². The second-order valence-corrected chi connectivity index (χ2v) is 4.60. The lowest BCUT2D eigenvalue weighted by molar-refractivity contribution is 0.0988.